The summed E-state index contributed by atoms with van der Waals surface area (Å²) in [5.41, 5.74) is 5.07. The van der Waals surface area contributed by atoms with Gasteiger partial charge in [0.05, 0.1) is 34.9 Å². The Morgan fingerprint density at radius 3 is 2.80 bits per heavy atom. The maximum atomic E-state index is 12.9. The fraction of sp³-hybridized carbons (Fsp3) is 0.500. The van der Waals surface area contributed by atoms with Crippen molar-refractivity contribution in [2.45, 2.75) is 56.3 Å². The number of likely N-dealkylation sites (tertiary alicyclic amines) is 1. The number of amides is 1. The van der Waals surface area contributed by atoms with Crippen LogP contribution in [0.15, 0.2) is 35.3 Å². The standard InChI is InChI=1S/C24H29ClN6O4/c1-23(34)14-24(35-13-18(23)31-9-6-19(26)29-22(31)33)7-10-30(11-8-24)21(32)5-4-20-27-16-3-2-15(25)12-17(16)28-20/h2-3,6,9,12,18,34H,4-5,7-8,10-11,13-14H2,1H3,(H,27,28)(H2,26,29,33)/t18-,23-/m1/s1. The van der Waals surface area contributed by atoms with Crippen LogP contribution in [0.25, 0.3) is 11.0 Å². The predicted molar refractivity (Wildman–Crippen MR) is 131 cm³/mol. The van der Waals surface area contributed by atoms with E-state index in [2.05, 4.69) is 15.0 Å². The van der Waals surface area contributed by atoms with Crippen molar-refractivity contribution in [1.29, 1.82) is 0 Å². The van der Waals surface area contributed by atoms with Gasteiger partial charge in [-0.1, -0.05) is 11.6 Å². The Labute approximate surface area is 207 Å². The van der Waals surface area contributed by atoms with E-state index >= 15 is 0 Å². The summed E-state index contributed by atoms with van der Waals surface area (Å²) in [6, 6.07) is 6.44. The molecular formula is C24H29ClN6O4. The molecule has 4 N–H and O–H groups in total. The van der Waals surface area contributed by atoms with Crippen LogP contribution in [0.3, 0.4) is 0 Å². The summed E-state index contributed by atoms with van der Waals surface area (Å²) >= 11 is 6.03. The molecule has 2 aliphatic rings. The lowest BCUT2D eigenvalue weighted by Crippen LogP contribution is -2.59. The van der Waals surface area contributed by atoms with Gasteiger partial charge in [0.1, 0.15) is 11.6 Å². The highest BCUT2D eigenvalue weighted by atomic mass is 35.5. The van der Waals surface area contributed by atoms with Gasteiger partial charge in [0.2, 0.25) is 5.91 Å². The highest BCUT2D eigenvalue weighted by Gasteiger charge is 2.50. The van der Waals surface area contributed by atoms with E-state index in [0.717, 1.165) is 16.9 Å². The molecule has 11 heteroatoms. The van der Waals surface area contributed by atoms with Crippen molar-refractivity contribution in [2.24, 2.45) is 0 Å². The number of aliphatic hydroxyl groups is 1. The topological polar surface area (TPSA) is 139 Å². The summed E-state index contributed by atoms with van der Waals surface area (Å²) in [6.07, 6.45) is 4.03. The number of carbonyl (C=O) groups excluding carboxylic acids is 1. The van der Waals surface area contributed by atoms with Crippen LogP contribution in [0.4, 0.5) is 5.82 Å². The van der Waals surface area contributed by atoms with E-state index in [-0.39, 0.29) is 18.3 Å². The van der Waals surface area contributed by atoms with Crippen molar-refractivity contribution in [1.82, 2.24) is 24.4 Å². The average molecular weight is 501 g/mol. The molecule has 3 aromatic rings. The number of carbonyl (C=O) groups is 1. The number of aromatic amines is 1. The molecule has 4 heterocycles. The normalized spacial score (nSPS) is 24.2. The number of aromatic nitrogens is 4. The van der Waals surface area contributed by atoms with Gasteiger partial charge in [-0.15, -0.1) is 0 Å². The van der Waals surface area contributed by atoms with Gasteiger partial charge in [-0.3, -0.25) is 9.36 Å². The number of fused-ring (bicyclic) bond motifs is 1. The number of benzene rings is 1. The number of nitrogens with two attached hydrogens (primary N) is 1. The molecule has 2 saturated heterocycles. The van der Waals surface area contributed by atoms with Gasteiger partial charge < -0.3 is 25.5 Å². The van der Waals surface area contributed by atoms with Crippen LogP contribution in [0, 0.1) is 0 Å². The van der Waals surface area contributed by atoms with Gasteiger partial charge in [-0.2, -0.15) is 4.98 Å². The third-order valence-electron chi connectivity index (χ3n) is 7.23. The number of nitrogen functional groups attached to an aromatic ring is 1. The quantitative estimate of drug-likeness (QED) is 0.498. The molecular weight excluding hydrogens is 472 g/mol. The molecule has 2 aliphatic heterocycles. The Morgan fingerprint density at radius 1 is 1.31 bits per heavy atom. The van der Waals surface area contributed by atoms with Gasteiger partial charge >= 0.3 is 5.69 Å². The highest BCUT2D eigenvalue weighted by molar-refractivity contribution is 6.31. The van der Waals surface area contributed by atoms with E-state index < -0.39 is 22.9 Å². The Balaban J connectivity index is 1.18. The average Bonchev–Trinajstić information content (AvgIpc) is 3.20. The number of nitrogens with zero attached hydrogens (tertiary/aromatic N) is 4. The van der Waals surface area contributed by atoms with Gasteiger partial charge in [-0.05, 0) is 44.0 Å². The van der Waals surface area contributed by atoms with E-state index in [1.54, 1.807) is 19.2 Å². The fourth-order valence-electron chi connectivity index (χ4n) is 5.32. The van der Waals surface area contributed by atoms with E-state index in [1.807, 2.05) is 17.0 Å². The molecule has 35 heavy (non-hydrogen) atoms. The molecule has 0 bridgehead atoms. The molecule has 0 unspecified atom stereocenters. The molecule has 2 fully saturated rings. The lowest BCUT2D eigenvalue weighted by atomic mass is 9.75. The number of hydrogen-bond acceptors (Lipinski definition) is 7. The molecule has 1 spiro atoms. The smallest absolute Gasteiger partial charge is 0.349 e. The van der Waals surface area contributed by atoms with Crippen LogP contribution in [-0.4, -0.2) is 66.3 Å². The van der Waals surface area contributed by atoms with Gasteiger partial charge in [-0.25, -0.2) is 9.78 Å². The first-order chi connectivity index (χ1) is 16.6. The second kappa shape index (κ2) is 8.92. The molecule has 2 atom stereocenters. The zero-order valence-electron chi connectivity index (χ0n) is 19.5. The molecule has 2 aromatic heterocycles. The van der Waals surface area contributed by atoms with Crippen molar-refractivity contribution < 1.29 is 14.6 Å². The van der Waals surface area contributed by atoms with E-state index in [4.69, 9.17) is 22.1 Å². The molecule has 1 amide bonds. The Morgan fingerprint density at radius 2 is 2.09 bits per heavy atom. The monoisotopic (exact) mass is 500 g/mol. The second-order valence-electron chi connectivity index (χ2n) is 9.81. The summed E-state index contributed by atoms with van der Waals surface area (Å²) in [4.78, 5) is 38.5. The zero-order valence-corrected chi connectivity index (χ0v) is 20.3. The molecule has 0 saturated carbocycles. The summed E-state index contributed by atoms with van der Waals surface area (Å²) in [6.45, 7) is 3.02. The first-order valence-corrected chi connectivity index (χ1v) is 12.1. The Hall–Kier alpha value is -2.95. The molecule has 5 rings (SSSR count). The number of ether oxygens (including phenoxy) is 1. The molecule has 0 aliphatic carbocycles. The molecule has 0 radical (unpaired) electrons. The summed E-state index contributed by atoms with van der Waals surface area (Å²) in [5.74, 6) is 0.966. The van der Waals surface area contributed by atoms with Crippen LogP contribution in [0.5, 0.6) is 0 Å². The lowest BCUT2D eigenvalue weighted by molar-refractivity contribution is -0.198. The van der Waals surface area contributed by atoms with E-state index in [0.29, 0.717) is 50.2 Å². The maximum Gasteiger partial charge on any atom is 0.349 e. The van der Waals surface area contributed by atoms with Crippen molar-refractivity contribution in [3.8, 4) is 0 Å². The minimum Gasteiger partial charge on any atom is -0.388 e. The number of imidazole rings is 1. The first-order valence-electron chi connectivity index (χ1n) is 11.8. The minimum absolute atomic E-state index is 0.0679. The Bertz CT molecular complexity index is 1310. The van der Waals surface area contributed by atoms with Crippen molar-refractivity contribution >= 4 is 34.4 Å². The molecule has 186 valence electrons. The number of rotatable bonds is 4. The second-order valence-corrected chi connectivity index (χ2v) is 10.2. The van der Waals surface area contributed by atoms with Crippen molar-refractivity contribution in [3.63, 3.8) is 0 Å². The highest BCUT2D eigenvalue weighted by Crippen LogP contribution is 2.43. The van der Waals surface area contributed by atoms with Crippen LogP contribution in [0.2, 0.25) is 5.02 Å². The minimum atomic E-state index is -1.17. The number of aryl methyl sites for hydroxylation is 1. The van der Waals surface area contributed by atoms with Gasteiger partial charge in [0, 0.05) is 43.6 Å². The molecule has 10 nitrogen and oxygen atoms in total. The third-order valence-corrected chi connectivity index (χ3v) is 7.46. The van der Waals surface area contributed by atoms with Gasteiger partial charge in [0.25, 0.3) is 0 Å². The van der Waals surface area contributed by atoms with E-state index in [9.17, 15) is 14.7 Å². The number of hydrogen-bond donors (Lipinski definition) is 3. The van der Waals surface area contributed by atoms with Crippen LogP contribution >= 0.6 is 11.6 Å². The number of nitrogens with one attached hydrogen (secondary N) is 1. The number of piperidine rings is 1. The zero-order chi connectivity index (χ0) is 24.8. The van der Waals surface area contributed by atoms with Gasteiger partial charge in [0.15, 0.2) is 0 Å². The summed E-state index contributed by atoms with van der Waals surface area (Å²) in [5, 5.41) is 11.9. The summed E-state index contributed by atoms with van der Waals surface area (Å²) in [7, 11) is 0. The third kappa shape index (κ3) is 4.78. The maximum absolute atomic E-state index is 12.9. The first kappa shape index (κ1) is 23.8. The number of anilines is 1. The lowest BCUT2D eigenvalue weighted by Gasteiger charge is -2.51. The van der Waals surface area contributed by atoms with E-state index in [1.165, 1.54) is 10.6 Å². The Kier molecular flexibility index (Phi) is 6.06. The fourth-order valence-corrected chi connectivity index (χ4v) is 5.49. The van der Waals surface area contributed by atoms with Crippen LogP contribution < -0.4 is 11.4 Å². The van der Waals surface area contributed by atoms with Crippen LogP contribution in [0.1, 0.15) is 44.5 Å². The largest absolute Gasteiger partial charge is 0.388 e. The summed E-state index contributed by atoms with van der Waals surface area (Å²) < 4.78 is 7.64. The molecule has 1 aromatic carbocycles. The number of halogens is 1. The SMILES string of the molecule is C[C@@]1(O)CC2(CCN(C(=O)CCc3nc4ccc(Cl)cc4[nH]3)CC2)OC[C@H]1n1ccc(N)nc1=O. The van der Waals surface area contributed by atoms with Crippen molar-refractivity contribution in [3.05, 3.63) is 51.8 Å². The van der Waals surface area contributed by atoms with Crippen molar-refractivity contribution in [2.75, 3.05) is 25.4 Å². The predicted octanol–water partition coefficient (Wildman–Crippen LogP) is 2.06. The number of H-pyrrole nitrogens is 1. The van der Waals surface area contributed by atoms with Crippen LogP contribution in [-0.2, 0) is 16.0 Å².